The van der Waals surface area contributed by atoms with Crippen molar-refractivity contribution in [1.29, 1.82) is 0 Å². The van der Waals surface area contributed by atoms with Crippen molar-refractivity contribution in [2.24, 2.45) is 11.8 Å². The molecule has 2 rings (SSSR count). The fourth-order valence-corrected chi connectivity index (χ4v) is 2.44. The van der Waals surface area contributed by atoms with Crippen molar-refractivity contribution in [1.82, 2.24) is 4.90 Å². The zero-order valence-electron chi connectivity index (χ0n) is 9.26. The average molecular weight is 223 g/mol. The second-order valence-corrected chi connectivity index (χ2v) is 4.59. The summed E-state index contributed by atoms with van der Waals surface area (Å²) in [6, 6.07) is 0. The molecule has 1 fully saturated rings. The maximum atomic E-state index is 12.1. The van der Waals surface area contributed by atoms with Crippen LogP contribution in [0, 0.1) is 11.8 Å². The van der Waals surface area contributed by atoms with E-state index in [-0.39, 0.29) is 17.7 Å². The van der Waals surface area contributed by atoms with Crippen molar-refractivity contribution in [2.75, 3.05) is 13.1 Å². The molecule has 0 bridgehead atoms. The predicted molar refractivity (Wildman–Crippen MR) is 58.8 cm³/mol. The quantitative estimate of drug-likeness (QED) is 0.717. The maximum absolute atomic E-state index is 12.1. The van der Waals surface area contributed by atoms with Crippen LogP contribution in [0.1, 0.15) is 25.7 Å². The van der Waals surface area contributed by atoms with E-state index in [0.29, 0.717) is 19.5 Å². The summed E-state index contributed by atoms with van der Waals surface area (Å²) in [6.07, 6.45) is 7.44. The van der Waals surface area contributed by atoms with E-state index < -0.39 is 5.97 Å². The van der Waals surface area contributed by atoms with E-state index in [4.69, 9.17) is 5.11 Å². The first-order valence-electron chi connectivity index (χ1n) is 5.85. The van der Waals surface area contributed by atoms with Crippen molar-refractivity contribution in [3.05, 3.63) is 12.2 Å². The second kappa shape index (κ2) is 4.68. The van der Waals surface area contributed by atoms with Gasteiger partial charge >= 0.3 is 5.97 Å². The monoisotopic (exact) mass is 223 g/mol. The summed E-state index contributed by atoms with van der Waals surface area (Å²) in [6.45, 7) is 1.00. The minimum atomic E-state index is -0.779. The van der Waals surface area contributed by atoms with Gasteiger partial charge in [-0.2, -0.15) is 0 Å². The molecule has 0 unspecified atom stereocenters. The van der Waals surface area contributed by atoms with E-state index in [1.165, 1.54) is 0 Å². The molecule has 0 spiro atoms. The number of likely N-dealkylation sites (tertiary alicyclic amines) is 1. The zero-order chi connectivity index (χ0) is 11.5. The highest BCUT2D eigenvalue weighted by Gasteiger charge is 2.33. The molecule has 1 aliphatic heterocycles. The first kappa shape index (κ1) is 11.2. The Morgan fingerprint density at radius 1 is 1.19 bits per heavy atom. The molecule has 1 amide bonds. The van der Waals surface area contributed by atoms with Gasteiger partial charge in [0.05, 0.1) is 5.92 Å². The molecule has 0 radical (unpaired) electrons. The number of hydrogen-bond donors (Lipinski definition) is 1. The van der Waals surface area contributed by atoms with Crippen LogP contribution in [0.15, 0.2) is 12.2 Å². The molecule has 16 heavy (non-hydrogen) atoms. The van der Waals surface area contributed by atoms with E-state index in [1.807, 2.05) is 0 Å². The Morgan fingerprint density at radius 2 is 2.00 bits per heavy atom. The lowest BCUT2D eigenvalue weighted by molar-refractivity contribution is -0.141. The van der Waals surface area contributed by atoms with Crippen LogP contribution in [-0.4, -0.2) is 35.0 Å². The van der Waals surface area contributed by atoms with Gasteiger partial charge in [-0.05, 0) is 25.7 Å². The van der Waals surface area contributed by atoms with E-state index >= 15 is 0 Å². The maximum Gasteiger partial charge on any atom is 0.308 e. The standard InChI is InChI=1S/C12H17NO3/c14-11(9-4-2-1-3-5-9)13-7-6-10(8-13)12(15)16/h1-2,9-10H,3-8H2,(H,15,16)/t9-,10-/m0/s1. The van der Waals surface area contributed by atoms with Crippen LogP contribution in [0.25, 0.3) is 0 Å². The summed E-state index contributed by atoms with van der Waals surface area (Å²) in [5.41, 5.74) is 0. The van der Waals surface area contributed by atoms with Gasteiger partial charge in [0, 0.05) is 19.0 Å². The summed E-state index contributed by atoms with van der Waals surface area (Å²) < 4.78 is 0. The topological polar surface area (TPSA) is 57.6 Å². The van der Waals surface area contributed by atoms with Crippen LogP contribution in [-0.2, 0) is 9.59 Å². The number of hydrogen-bond acceptors (Lipinski definition) is 2. The van der Waals surface area contributed by atoms with Gasteiger partial charge in [-0.15, -0.1) is 0 Å². The third-order valence-corrected chi connectivity index (χ3v) is 3.47. The SMILES string of the molecule is O=C(O)[C@H]1CCN(C(=O)[C@H]2CC=CCC2)C1. The number of carbonyl (C=O) groups is 2. The minimum absolute atomic E-state index is 0.0811. The van der Waals surface area contributed by atoms with Gasteiger partial charge in [-0.3, -0.25) is 9.59 Å². The van der Waals surface area contributed by atoms with Crippen LogP contribution in [0.4, 0.5) is 0 Å². The molecule has 0 aromatic rings. The predicted octanol–water partition coefficient (Wildman–Crippen LogP) is 1.28. The number of aliphatic carboxylic acids is 1. The summed E-state index contributed by atoms with van der Waals surface area (Å²) in [7, 11) is 0. The Bertz CT molecular complexity index is 324. The molecule has 1 saturated heterocycles. The molecule has 0 saturated carbocycles. The van der Waals surface area contributed by atoms with Crippen molar-refractivity contribution in [3.63, 3.8) is 0 Å². The van der Waals surface area contributed by atoms with Crippen molar-refractivity contribution < 1.29 is 14.7 Å². The number of carboxylic acids is 1. The van der Waals surface area contributed by atoms with Gasteiger partial charge < -0.3 is 10.0 Å². The zero-order valence-corrected chi connectivity index (χ0v) is 9.26. The summed E-state index contributed by atoms with van der Waals surface area (Å²) in [5.74, 6) is -0.910. The average Bonchev–Trinajstić information content (AvgIpc) is 2.78. The van der Waals surface area contributed by atoms with Gasteiger partial charge in [-0.1, -0.05) is 12.2 Å². The molecule has 4 heteroatoms. The fraction of sp³-hybridized carbons (Fsp3) is 0.667. The summed E-state index contributed by atoms with van der Waals surface area (Å²) in [5, 5.41) is 8.87. The van der Waals surface area contributed by atoms with Gasteiger partial charge in [-0.25, -0.2) is 0 Å². The summed E-state index contributed by atoms with van der Waals surface area (Å²) in [4.78, 5) is 24.6. The molecule has 4 nitrogen and oxygen atoms in total. The molecule has 1 heterocycles. The van der Waals surface area contributed by atoms with Crippen LogP contribution >= 0.6 is 0 Å². The molecule has 1 aliphatic carbocycles. The fourth-order valence-electron chi connectivity index (χ4n) is 2.44. The molecular formula is C12H17NO3. The molecule has 1 N–H and O–H groups in total. The van der Waals surface area contributed by atoms with Crippen LogP contribution < -0.4 is 0 Å². The highest BCUT2D eigenvalue weighted by atomic mass is 16.4. The Balaban J connectivity index is 1.91. The Labute approximate surface area is 94.9 Å². The Hall–Kier alpha value is -1.32. The van der Waals surface area contributed by atoms with E-state index in [1.54, 1.807) is 4.90 Å². The number of carbonyl (C=O) groups excluding carboxylic acids is 1. The number of rotatable bonds is 2. The second-order valence-electron chi connectivity index (χ2n) is 4.59. The van der Waals surface area contributed by atoms with Crippen LogP contribution in [0.3, 0.4) is 0 Å². The first-order valence-corrected chi connectivity index (χ1v) is 5.85. The highest BCUT2D eigenvalue weighted by Crippen LogP contribution is 2.24. The van der Waals surface area contributed by atoms with E-state index in [0.717, 1.165) is 19.3 Å². The molecule has 0 aromatic heterocycles. The van der Waals surface area contributed by atoms with Crippen LogP contribution in [0.2, 0.25) is 0 Å². The number of allylic oxidation sites excluding steroid dienone is 2. The molecule has 2 atom stereocenters. The third-order valence-electron chi connectivity index (χ3n) is 3.47. The van der Waals surface area contributed by atoms with Crippen molar-refractivity contribution in [3.8, 4) is 0 Å². The number of nitrogens with zero attached hydrogens (tertiary/aromatic N) is 1. The Kier molecular flexibility index (Phi) is 3.27. The van der Waals surface area contributed by atoms with Crippen LogP contribution in [0.5, 0.6) is 0 Å². The summed E-state index contributed by atoms with van der Waals surface area (Å²) >= 11 is 0. The normalized spacial score (nSPS) is 29.4. The lowest BCUT2D eigenvalue weighted by Gasteiger charge is -2.23. The van der Waals surface area contributed by atoms with Gasteiger partial charge in [0.2, 0.25) is 5.91 Å². The lowest BCUT2D eigenvalue weighted by Crippen LogP contribution is -2.35. The molecule has 2 aliphatic rings. The molecule has 0 aromatic carbocycles. The molecular weight excluding hydrogens is 206 g/mol. The first-order chi connectivity index (χ1) is 7.68. The van der Waals surface area contributed by atoms with Gasteiger partial charge in [0.15, 0.2) is 0 Å². The molecule has 88 valence electrons. The van der Waals surface area contributed by atoms with Gasteiger partial charge in [0.1, 0.15) is 0 Å². The van der Waals surface area contributed by atoms with Crippen molar-refractivity contribution >= 4 is 11.9 Å². The third kappa shape index (κ3) is 2.26. The van der Waals surface area contributed by atoms with Gasteiger partial charge in [0.25, 0.3) is 0 Å². The largest absolute Gasteiger partial charge is 0.481 e. The van der Waals surface area contributed by atoms with Crippen molar-refractivity contribution in [2.45, 2.75) is 25.7 Å². The Morgan fingerprint density at radius 3 is 2.56 bits per heavy atom. The van der Waals surface area contributed by atoms with E-state index in [9.17, 15) is 9.59 Å². The lowest BCUT2D eigenvalue weighted by atomic mass is 9.93. The highest BCUT2D eigenvalue weighted by molar-refractivity contribution is 5.81. The number of carboxylic acid groups (broad SMARTS) is 1. The minimum Gasteiger partial charge on any atom is -0.481 e. The number of amides is 1. The smallest absolute Gasteiger partial charge is 0.308 e. The van der Waals surface area contributed by atoms with E-state index in [2.05, 4.69) is 12.2 Å².